The number of fused-ring (bicyclic) bond motifs is 2. The van der Waals surface area contributed by atoms with Gasteiger partial charge in [0.2, 0.25) is 0 Å². The monoisotopic (exact) mass is 552 g/mol. The van der Waals surface area contributed by atoms with Crippen molar-refractivity contribution in [3.05, 3.63) is 53.5 Å². The summed E-state index contributed by atoms with van der Waals surface area (Å²) in [6, 6.07) is 5.55. The van der Waals surface area contributed by atoms with Crippen molar-refractivity contribution in [2.24, 2.45) is 0 Å². The topological polar surface area (TPSA) is 122 Å². The van der Waals surface area contributed by atoms with E-state index in [2.05, 4.69) is 20.3 Å². The van der Waals surface area contributed by atoms with Gasteiger partial charge in [-0.3, -0.25) is 14.5 Å². The predicted molar refractivity (Wildman–Crippen MR) is 143 cm³/mol. The largest absolute Gasteiger partial charge is 0.488 e. The van der Waals surface area contributed by atoms with Crippen LogP contribution in [-0.2, 0) is 11.3 Å². The molecule has 5 heterocycles. The van der Waals surface area contributed by atoms with Gasteiger partial charge < -0.3 is 24.8 Å². The molecule has 40 heavy (non-hydrogen) atoms. The highest BCUT2D eigenvalue weighted by Gasteiger charge is 2.36. The van der Waals surface area contributed by atoms with Gasteiger partial charge in [0.05, 0.1) is 43.3 Å². The summed E-state index contributed by atoms with van der Waals surface area (Å²) in [4.78, 5) is 34.6. The van der Waals surface area contributed by atoms with E-state index < -0.39 is 17.7 Å². The molecule has 212 valence electrons. The lowest BCUT2D eigenvalue weighted by molar-refractivity contribution is -0.0777. The maximum atomic E-state index is 14.6. The van der Waals surface area contributed by atoms with Crippen molar-refractivity contribution in [2.45, 2.75) is 57.2 Å². The second kappa shape index (κ2) is 10.4. The number of rotatable bonds is 8. The maximum absolute atomic E-state index is 14.6. The van der Waals surface area contributed by atoms with Crippen LogP contribution in [0.5, 0.6) is 5.75 Å². The lowest BCUT2D eigenvalue weighted by atomic mass is 10.0. The molecule has 2 saturated heterocycles. The summed E-state index contributed by atoms with van der Waals surface area (Å²) in [5.74, 6) is -0.363. The molecule has 2 amide bonds. The summed E-state index contributed by atoms with van der Waals surface area (Å²) in [7, 11) is 0. The van der Waals surface area contributed by atoms with Crippen LogP contribution in [0.4, 0.5) is 10.1 Å². The molecule has 2 fully saturated rings. The smallest absolute Gasteiger partial charge is 0.261 e. The molecule has 2 aromatic heterocycles. The Labute approximate surface area is 230 Å². The molecule has 1 aromatic carbocycles. The highest BCUT2D eigenvalue weighted by atomic mass is 19.1. The average molecular weight is 553 g/mol. The third-order valence-electron chi connectivity index (χ3n) is 7.91. The number of alkyl halides is 1. The zero-order valence-corrected chi connectivity index (χ0v) is 22.5. The molecular weight excluding hydrogens is 519 g/mol. The number of carbonyl (C=O) groups is 2. The van der Waals surface area contributed by atoms with Crippen LogP contribution in [0.1, 0.15) is 53.0 Å². The molecule has 0 saturated carbocycles. The standard InChI is InChI=1S/C28H33FN6O5/c1-28(2,38)24(29)14-34-13-17-10-22(32-26(36)21-12-31-35-7-3-6-30-25(21)35)23(11-20(17)27(34)37)40-19-4-8-33(9-5-19)18-15-39-16-18/h3,6-7,10-12,18-19,24,38H,4-5,8-9,13-16H2,1-2H3,(H,32,36). The van der Waals surface area contributed by atoms with Crippen LogP contribution < -0.4 is 10.1 Å². The minimum absolute atomic E-state index is 0.0948. The van der Waals surface area contributed by atoms with Crippen molar-refractivity contribution in [3.63, 3.8) is 0 Å². The molecule has 3 aliphatic heterocycles. The first-order valence-corrected chi connectivity index (χ1v) is 13.6. The second-order valence-corrected chi connectivity index (χ2v) is 11.3. The number of aromatic nitrogens is 3. The van der Waals surface area contributed by atoms with E-state index in [1.54, 1.807) is 30.6 Å². The van der Waals surface area contributed by atoms with E-state index in [0.717, 1.165) is 39.1 Å². The number of ether oxygens (including phenoxy) is 2. The summed E-state index contributed by atoms with van der Waals surface area (Å²) >= 11 is 0. The quantitative estimate of drug-likeness (QED) is 0.437. The molecule has 3 aromatic rings. The van der Waals surface area contributed by atoms with Crippen LogP contribution in [0.15, 0.2) is 36.8 Å². The number of amides is 2. The molecule has 0 bridgehead atoms. The van der Waals surface area contributed by atoms with Crippen molar-refractivity contribution in [1.29, 1.82) is 0 Å². The van der Waals surface area contributed by atoms with Crippen molar-refractivity contribution in [3.8, 4) is 5.75 Å². The minimum atomic E-state index is -1.62. The number of nitrogens with zero attached hydrogens (tertiary/aromatic N) is 5. The first-order chi connectivity index (χ1) is 19.2. The van der Waals surface area contributed by atoms with Gasteiger partial charge in [-0.05, 0) is 50.5 Å². The van der Waals surface area contributed by atoms with E-state index in [1.165, 1.54) is 29.5 Å². The molecule has 0 spiro atoms. The third-order valence-corrected chi connectivity index (χ3v) is 7.91. The number of carbonyl (C=O) groups excluding carboxylic acids is 2. The first-order valence-electron chi connectivity index (χ1n) is 13.6. The van der Waals surface area contributed by atoms with Crippen molar-refractivity contribution in [2.75, 3.05) is 38.2 Å². The van der Waals surface area contributed by atoms with Crippen LogP contribution in [0, 0.1) is 0 Å². The van der Waals surface area contributed by atoms with Gasteiger partial charge in [0, 0.05) is 37.6 Å². The molecule has 0 radical (unpaired) electrons. The Morgan fingerprint density at radius 2 is 2.08 bits per heavy atom. The minimum Gasteiger partial charge on any atom is -0.488 e. The van der Waals surface area contributed by atoms with E-state index in [0.29, 0.717) is 39.8 Å². The lowest BCUT2D eigenvalue weighted by Gasteiger charge is -2.41. The molecule has 1 unspecified atom stereocenters. The number of halogens is 1. The van der Waals surface area contributed by atoms with E-state index in [-0.39, 0.29) is 25.1 Å². The summed E-state index contributed by atoms with van der Waals surface area (Å²) in [5, 5.41) is 17.2. The Hall–Kier alpha value is -3.61. The fourth-order valence-corrected chi connectivity index (χ4v) is 5.31. The Morgan fingerprint density at radius 1 is 1.30 bits per heavy atom. The molecule has 6 rings (SSSR count). The normalized spacial score (nSPS) is 19.5. The van der Waals surface area contributed by atoms with Gasteiger partial charge >= 0.3 is 0 Å². The zero-order chi connectivity index (χ0) is 28.0. The number of anilines is 1. The van der Waals surface area contributed by atoms with Crippen molar-refractivity contribution >= 4 is 23.1 Å². The van der Waals surface area contributed by atoms with Gasteiger partial charge in [-0.25, -0.2) is 13.9 Å². The van der Waals surface area contributed by atoms with Crippen LogP contribution in [-0.4, -0.2) is 98.1 Å². The van der Waals surface area contributed by atoms with Crippen LogP contribution in [0.2, 0.25) is 0 Å². The Bertz CT molecular complexity index is 1430. The number of aliphatic hydroxyl groups is 1. The molecule has 12 heteroatoms. The number of piperidine rings is 1. The molecule has 0 aliphatic carbocycles. The molecular formula is C28H33FN6O5. The summed E-state index contributed by atoms with van der Waals surface area (Å²) in [6.07, 6.45) is 4.64. The summed E-state index contributed by atoms with van der Waals surface area (Å²) in [5.41, 5.74) is 0.601. The highest BCUT2D eigenvalue weighted by Crippen LogP contribution is 2.36. The Balaban J connectivity index is 1.26. The first kappa shape index (κ1) is 26.6. The van der Waals surface area contributed by atoms with Crippen LogP contribution in [0.25, 0.3) is 5.65 Å². The predicted octanol–water partition coefficient (Wildman–Crippen LogP) is 2.29. The van der Waals surface area contributed by atoms with Gasteiger partial charge in [-0.2, -0.15) is 5.10 Å². The maximum Gasteiger partial charge on any atom is 0.261 e. The van der Waals surface area contributed by atoms with Crippen molar-refractivity contribution in [1.82, 2.24) is 24.4 Å². The third kappa shape index (κ3) is 5.14. The highest BCUT2D eigenvalue weighted by molar-refractivity contribution is 6.09. The zero-order valence-electron chi connectivity index (χ0n) is 22.5. The fraction of sp³-hybridized carbons (Fsp3) is 0.500. The molecule has 1 atom stereocenters. The number of benzene rings is 1. The number of hydrogen-bond donors (Lipinski definition) is 2. The number of likely N-dealkylation sites (tertiary alicyclic amines) is 1. The Kier molecular flexibility index (Phi) is 6.93. The SMILES string of the molecule is CC(C)(O)C(F)CN1Cc2cc(NC(=O)c3cnn4cccnc34)c(OC3CCN(C4COC4)CC3)cc2C1=O. The number of nitrogens with one attached hydrogen (secondary N) is 1. The van der Waals surface area contributed by atoms with Gasteiger partial charge in [-0.1, -0.05) is 0 Å². The number of hydrogen-bond acceptors (Lipinski definition) is 8. The van der Waals surface area contributed by atoms with E-state index in [4.69, 9.17) is 9.47 Å². The van der Waals surface area contributed by atoms with Crippen molar-refractivity contribution < 1.29 is 28.6 Å². The lowest BCUT2D eigenvalue weighted by Crippen LogP contribution is -2.52. The Morgan fingerprint density at radius 3 is 2.77 bits per heavy atom. The van der Waals surface area contributed by atoms with E-state index in [9.17, 15) is 19.1 Å². The van der Waals surface area contributed by atoms with E-state index in [1.807, 2.05) is 0 Å². The molecule has 3 aliphatic rings. The fourth-order valence-electron chi connectivity index (χ4n) is 5.31. The van der Waals surface area contributed by atoms with E-state index >= 15 is 0 Å². The average Bonchev–Trinajstić information content (AvgIpc) is 3.45. The van der Waals surface area contributed by atoms with Gasteiger partial charge in [-0.15, -0.1) is 0 Å². The summed E-state index contributed by atoms with van der Waals surface area (Å²) < 4.78 is 27.9. The van der Waals surface area contributed by atoms with Crippen LogP contribution in [0.3, 0.4) is 0 Å². The summed E-state index contributed by atoms with van der Waals surface area (Å²) in [6.45, 7) is 5.95. The van der Waals surface area contributed by atoms with Gasteiger partial charge in [0.1, 0.15) is 23.6 Å². The van der Waals surface area contributed by atoms with Gasteiger partial charge in [0.15, 0.2) is 5.65 Å². The molecule has 11 nitrogen and oxygen atoms in total. The van der Waals surface area contributed by atoms with Gasteiger partial charge in [0.25, 0.3) is 11.8 Å². The molecule has 2 N–H and O–H groups in total. The second-order valence-electron chi connectivity index (χ2n) is 11.3. The van der Waals surface area contributed by atoms with Crippen LogP contribution >= 0.6 is 0 Å².